The summed E-state index contributed by atoms with van der Waals surface area (Å²) in [6.45, 7) is 6.80. The lowest BCUT2D eigenvalue weighted by Gasteiger charge is -2.35. The van der Waals surface area contributed by atoms with Gasteiger partial charge in [0.25, 0.3) is 11.5 Å². The molecule has 3 aromatic rings. The lowest BCUT2D eigenvalue weighted by Crippen LogP contribution is -2.52. The summed E-state index contributed by atoms with van der Waals surface area (Å²) in [7, 11) is 0. The van der Waals surface area contributed by atoms with E-state index in [1.54, 1.807) is 76.2 Å². The first-order valence-corrected chi connectivity index (χ1v) is 12.3. The highest BCUT2D eigenvalue weighted by Gasteiger charge is 2.70. The number of aliphatic hydroxyl groups excluding tert-OH is 1. The predicted octanol–water partition coefficient (Wildman–Crippen LogP) is 2.63. The van der Waals surface area contributed by atoms with Crippen LogP contribution < -0.4 is 10.5 Å². The Morgan fingerprint density at radius 1 is 1.05 bits per heavy atom. The first-order chi connectivity index (χ1) is 17.5. The first-order valence-electron chi connectivity index (χ1n) is 12.3. The molecule has 0 aliphatic carbocycles. The van der Waals surface area contributed by atoms with Gasteiger partial charge in [0.15, 0.2) is 11.8 Å². The number of carbonyl (C=O) groups excluding carboxylic acids is 2. The zero-order valence-electron chi connectivity index (χ0n) is 21.0. The Morgan fingerprint density at radius 2 is 1.73 bits per heavy atom. The fourth-order valence-electron chi connectivity index (χ4n) is 5.90. The number of carbonyl (C=O) groups is 2. The number of hydrogen-bond donors (Lipinski definition) is 2. The van der Waals surface area contributed by atoms with Gasteiger partial charge in [0.05, 0.1) is 16.6 Å². The standard InChI is InChI=1S/C27H28N4O6/c1-14(2)20(32)21-28-17-11-7-5-9-15(17)22(33)29(21)19-13-27(37-23(19)34)16-10-6-8-12-18(16)30-24(27)31(36)26(3,4)25(30)35/h5-12,14,19-20,24,32,36H,13H2,1-4H3/t19-,20+,24-,27-/m0/s1. The van der Waals surface area contributed by atoms with Gasteiger partial charge >= 0.3 is 5.97 Å². The second-order valence-corrected chi connectivity index (χ2v) is 10.9. The molecule has 1 amide bonds. The number of ether oxygens (including phenoxy) is 1. The van der Waals surface area contributed by atoms with Gasteiger partial charge in [0, 0.05) is 12.0 Å². The molecular weight excluding hydrogens is 476 g/mol. The van der Waals surface area contributed by atoms with E-state index in [0.717, 1.165) is 5.06 Å². The fraction of sp³-hybridized carbons (Fsp3) is 0.407. The summed E-state index contributed by atoms with van der Waals surface area (Å²) in [4.78, 5) is 46.8. The van der Waals surface area contributed by atoms with E-state index in [0.29, 0.717) is 22.2 Å². The average molecular weight is 505 g/mol. The normalized spacial score (nSPS) is 27.3. The van der Waals surface area contributed by atoms with Crippen LogP contribution in [0.2, 0.25) is 0 Å². The summed E-state index contributed by atoms with van der Waals surface area (Å²) in [5.41, 5.74) is -1.61. The van der Waals surface area contributed by atoms with E-state index in [1.165, 1.54) is 9.47 Å². The molecule has 37 heavy (non-hydrogen) atoms. The number of nitrogens with zero attached hydrogens (tertiary/aromatic N) is 4. The number of rotatable bonds is 3. The molecule has 10 nitrogen and oxygen atoms in total. The van der Waals surface area contributed by atoms with Crippen LogP contribution >= 0.6 is 0 Å². The fourth-order valence-corrected chi connectivity index (χ4v) is 5.90. The summed E-state index contributed by atoms with van der Waals surface area (Å²) in [5.74, 6) is -1.23. The van der Waals surface area contributed by atoms with E-state index in [2.05, 4.69) is 4.98 Å². The van der Waals surface area contributed by atoms with Crippen molar-refractivity contribution in [3.05, 3.63) is 70.3 Å². The van der Waals surface area contributed by atoms with E-state index >= 15 is 0 Å². The Bertz CT molecular complexity index is 1530. The van der Waals surface area contributed by atoms with Crippen molar-refractivity contribution in [2.24, 2.45) is 5.92 Å². The minimum absolute atomic E-state index is 0.0395. The summed E-state index contributed by atoms with van der Waals surface area (Å²) in [6.07, 6.45) is -2.17. The number of aromatic nitrogens is 2. The summed E-state index contributed by atoms with van der Waals surface area (Å²) >= 11 is 0. The number of hydroxylamine groups is 2. The second-order valence-electron chi connectivity index (χ2n) is 10.9. The average Bonchev–Trinajstić information content (AvgIpc) is 3.42. The van der Waals surface area contributed by atoms with Crippen LogP contribution in [0.4, 0.5) is 5.69 Å². The van der Waals surface area contributed by atoms with Crippen LogP contribution in [0.5, 0.6) is 0 Å². The Hall–Kier alpha value is -3.60. The van der Waals surface area contributed by atoms with Crippen molar-refractivity contribution in [1.29, 1.82) is 0 Å². The minimum atomic E-state index is -1.43. The topological polar surface area (TPSA) is 125 Å². The molecule has 2 saturated heterocycles. The van der Waals surface area contributed by atoms with E-state index in [4.69, 9.17) is 4.74 Å². The molecule has 10 heteroatoms. The van der Waals surface area contributed by atoms with E-state index in [9.17, 15) is 24.7 Å². The highest BCUT2D eigenvalue weighted by Crippen LogP contribution is 2.58. The zero-order valence-corrected chi connectivity index (χ0v) is 21.0. The van der Waals surface area contributed by atoms with Gasteiger partial charge < -0.3 is 15.1 Å². The monoisotopic (exact) mass is 504 g/mol. The molecule has 3 aliphatic rings. The molecule has 1 aromatic heterocycles. The van der Waals surface area contributed by atoms with Gasteiger partial charge in [-0.05, 0) is 38.0 Å². The molecule has 4 heterocycles. The van der Waals surface area contributed by atoms with Gasteiger partial charge in [0.1, 0.15) is 23.5 Å². The number of aliphatic hydroxyl groups is 1. The third-order valence-corrected chi connectivity index (χ3v) is 7.92. The maximum absolute atomic E-state index is 13.8. The third kappa shape index (κ3) is 2.97. The van der Waals surface area contributed by atoms with Crippen LogP contribution in [-0.4, -0.2) is 48.5 Å². The molecule has 3 aliphatic heterocycles. The van der Waals surface area contributed by atoms with Crippen molar-refractivity contribution < 1.29 is 24.6 Å². The van der Waals surface area contributed by atoms with Crippen LogP contribution in [0.3, 0.4) is 0 Å². The number of benzene rings is 2. The number of anilines is 1. The molecular formula is C27H28N4O6. The highest BCUT2D eigenvalue weighted by molar-refractivity contribution is 6.05. The van der Waals surface area contributed by atoms with E-state index in [-0.39, 0.29) is 24.1 Å². The van der Waals surface area contributed by atoms with Crippen molar-refractivity contribution in [2.75, 3.05) is 4.90 Å². The molecule has 0 bridgehead atoms. The second kappa shape index (κ2) is 7.70. The van der Waals surface area contributed by atoms with Gasteiger partial charge in [-0.2, -0.15) is 0 Å². The van der Waals surface area contributed by atoms with Crippen molar-refractivity contribution in [3.63, 3.8) is 0 Å². The van der Waals surface area contributed by atoms with Gasteiger partial charge in [0.2, 0.25) is 0 Å². The highest BCUT2D eigenvalue weighted by atomic mass is 16.6. The van der Waals surface area contributed by atoms with Crippen molar-refractivity contribution in [1.82, 2.24) is 14.6 Å². The summed E-state index contributed by atoms with van der Waals surface area (Å²) < 4.78 is 7.32. The Morgan fingerprint density at radius 3 is 2.46 bits per heavy atom. The van der Waals surface area contributed by atoms with Crippen LogP contribution in [-0.2, 0) is 19.9 Å². The number of amides is 1. The largest absolute Gasteiger partial charge is 0.449 e. The molecule has 0 unspecified atom stereocenters. The SMILES string of the molecule is CC(C)[C@@H](O)c1nc2ccccc2c(=O)n1[C@H]1C[C@]2(OC1=O)c1ccccc1N1C(=O)C(C)(C)N(O)[C@H]12. The maximum Gasteiger partial charge on any atom is 0.330 e. The van der Waals surface area contributed by atoms with Crippen LogP contribution in [0.1, 0.15) is 57.6 Å². The van der Waals surface area contributed by atoms with Crippen molar-refractivity contribution in [3.8, 4) is 0 Å². The zero-order chi connectivity index (χ0) is 26.4. The molecule has 4 atom stereocenters. The Kier molecular flexibility index (Phi) is 4.95. The molecule has 2 aromatic carbocycles. The smallest absolute Gasteiger partial charge is 0.330 e. The van der Waals surface area contributed by atoms with E-state index < -0.39 is 41.0 Å². The minimum Gasteiger partial charge on any atom is -0.449 e. The molecule has 192 valence electrons. The summed E-state index contributed by atoms with van der Waals surface area (Å²) in [5, 5.41) is 23.5. The molecule has 2 fully saturated rings. The summed E-state index contributed by atoms with van der Waals surface area (Å²) in [6, 6.07) is 12.7. The van der Waals surface area contributed by atoms with Crippen molar-refractivity contribution >= 4 is 28.5 Å². The molecule has 1 spiro atoms. The lowest BCUT2D eigenvalue weighted by molar-refractivity contribution is -0.209. The van der Waals surface area contributed by atoms with Crippen LogP contribution in [0.15, 0.2) is 53.3 Å². The number of hydrogen-bond acceptors (Lipinski definition) is 8. The molecule has 0 saturated carbocycles. The third-order valence-electron chi connectivity index (χ3n) is 7.92. The molecule has 2 N–H and O–H groups in total. The quantitative estimate of drug-likeness (QED) is 0.522. The molecule has 0 radical (unpaired) electrons. The maximum atomic E-state index is 13.8. The van der Waals surface area contributed by atoms with E-state index in [1.807, 2.05) is 0 Å². The number of fused-ring (bicyclic) bond motifs is 6. The van der Waals surface area contributed by atoms with Gasteiger partial charge in [-0.15, -0.1) is 5.06 Å². The van der Waals surface area contributed by atoms with Gasteiger partial charge in [-0.25, -0.2) is 9.78 Å². The van der Waals surface area contributed by atoms with Gasteiger partial charge in [-0.3, -0.25) is 19.1 Å². The lowest BCUT2D eigenvalue weighted by atomic mass is 9.87. The van der Waals surface area contributed by atoms with Crippen LogP contribution in [0.25, 0.3) is 10.9 Å². The predicted molar refractivity (Wildman–Crippen MR) is 133 cm³/mol. The van der Waals surface area contributed by atoms with Crippen LogP contribution in [0, 0.1) is 5.92 Å². The number of para-hydroxylation sites is 2. The van der Waals surface area contributed by atoms with Crippen molar-refractivity contribution in [2.45, 2.75) is 63.6 Å². The Labute approximate surface area is 212 Å². The van der Waals surface area contributed by atoms with Gasteiger partial charge in [-0.1, -0.05) is 44.2 Å². The molecule has 6 rings (SSSR count). The Balaban J connectivity index is 1.56. The number of esters is 1. The first kappa shape index (κ1) is 23.8.